The summed E-state index contributed by atoms with van der Waals surface area (Å²) in [5, 5.41) is 3.01. The highest BCUT2D eigenvalue weighted by atomic mass is 16.5. The van der Waals surface area contributed by atoms with Gasteiger partial charge in [-0.05, 0) is 51.0 Å². The zero-order valence-electron chi connectivity index (χ0n) is 18.2. The van der Waals surface area contributed by atoms with Gasteiger partial charge in [-0.15, -0.1) is 0 Å². The van der Waals surface area contributed by atoms with Crippen LogP contribution in [0.15, 0.2) is 24.3 Å². The quantitative estimate of drug-likeness (QED) is 0.654. The number of benzene rings is 1. The molecule has 1 aliphatic heterocycles. The normalized spacial score (nSPS) is 19.3. The van der Waals surface area contributed by atoms with Crippen molar-refractivity contribution in [2.75, 3.05) is 39.5 Å². The Labute approximate surface area is 179 Å². The minimum Gasteiger partial charge on any atom is -0.491 e. The summed E-state index contributed by atoms with van der Waals surface area (Å²) in [7, 11) is 0. The van der Waals surface area contributed by atoms with Crippen LogP contribution in [0.5, 0.6) is 5.75 Å². The third-order valence-corrected chi connectivity index (χ3v) is 5.88. The summed E-state index contributed by atoms with van der Waals surface area (Å²) in [6.45, 7) is 7.49. The van der Waals surface area contributed by atoms with Crippen molar-refractivity contribution >= 4 is 11.9 Å². The van der Waals surface area contributed by atoms with Crippen LogP contribution in [0.4, 0.5) is 0 Å². The molecular formula is C23H34N2O5. The Hall–Kier alpha value is -2.12. The number of hydrogen-bond acceptors (Lipinski definition) is 6. The zero-order chi connectivity index (χ0) is 21.4. The molecule has 2 aliphatic rings. The fourth-order valence-corrected chi connectivity index (χ4v) is 4.32. The maximum Gasteiger partial charge on any atom is 0.338 e. The third-order valence-electron chi connectivity index (χ3n) is 5.88. The number of hydrogen-bond donors (Lipinski definition) is 1. The second-order valence-electron chi connectivity index (χ2n) is 8.43. The van der Waals surface area contributed by atoms with E-state index in [0.717, 1.165) is 39.1 Å². The maximum atomic E-state index is 12.4. The zero-order valence-corrected chi connectivity index (χ0v) is 18.2. The molecule has 30 heavy (non-hydrogen) atoms. The monoisotopic (exact) mass is 418 g/mol. The van der Waals surface area contributed by atoms with Crippen molar-refractivity contribution in [1.82, 2.24) is 10.2 Å². The van der Waals surface area contributed by atoms with Crippen LogP contribution in [0, 0.1) is 0 Å². The van der Waals surface area contributed by atoms with Crippen LogP contribution in [0.25, 0.3) is 0 Å². The summed E-state index contributed by atoms with van der Waals surface area (Å²) in [5.41, 5.74) is 0.393. The van der Waals surface area contributed by atoms with Crippen LogP contribution in [0.3, 0.4) is 0 Å². The highest BCUT2D eigenvalue weighted by Gasteiger charge is 2.38. The second kappa shape index (κ2) is 10.8. The minimum atomic E-state index is -0.512. The number of morpholine rings is 1. The lowest BCUT2D eigenvalue weighted by molar-refractivity contribution is -0.125. The molecule has 1 saturated carbocycles. The molecule has 1 aromatic carbocycles. The summed E-state index contributed by atoms with van der Waals surface area (Å²) in [4.78, 5) is 27.1. The molecule has 0 atom stereocenters. The summed E-state index contributed by atoms with van der Waals surface area (Å²) < 4.78 is 16.3. The first-order valence-corrected chi connectivity index (χ1v) is 11.0. The predicted molar refractivity (Wildman–Crippen MR) is 114 cm³/mol. The first-order valence-electron chi connectivity index (χ1n) is 11.0. The summed E-state index contributed by atoms with van der Waals surface area (Å²) in [6, 6.07) is 6.75. The van der Waals surface area contributed by atoms with E-state index >= 15 is 0 Å². The topological polar surface area (TPSA) is 77.1 Å². The van der Waals surface area contributed by atoms with Gasteiger partial charge in [0.25, 0.3) is 5.91 Å². The Balaban J connectivity index is 1.47. The van der Waals surface area contributed by atoms with E-state index in [0.29, 0.717) is 17.9 Å². The predicted octanol–water partition coefficient (Wildman–Crippen LogP) is 2.78. The molecule has 7 nitrogen and oxygen atoms in total. The maximum absolute atomic E-state index is 12.4. The van der Waals surface area contributed by atoms with Crippen molar-refractivity contribution < 1.29 is 23.8 Å². The Kier molecular flexibility index (Phi) is 8.10. The molecule has 1 aliphatic carbocycles. The summed E-state index contributed by atoms with van der Waals surface area (Å²) in [5.74, 6) is -0.0803. The highest BCUT2D eigenvalue weighted by molar-refractivity contribution is 5.91. The lowest BCUT2D eigenvalue weighted by Gasteiger charge is -2.48. The molecule has 0 aromatic heterocycles. The van der Waals surface area contributed by atoms with Gasteiger partial charge in [-0.1, -0.05) is 19.3 Å². The van der Waals surface area contributed by atoms with Crippen LogP contribution < -0.4 is 10.1 Å². The number of esters is 1. The van der Waals surface area contributed by atoms with Gasteiger partial charge in [-0.25, -0.2) is 4.79 Å². The fraction of sp³-hybridized carbons (Fsp3) is 0.652. The van der Waals surface area contributed by atoms with E-state index in [9.17, 15) is 9.59 Å². The SMILES string of the molecule is CC(C)Oc1ccc(C(=O)OCC(=O)NCC2(N3CCOCC3)CCCCC2)cc1. The van der Waals surface area contributed by atoms with E-state index in [-0.39, 0.29) is 24.2 Å². The number of carbonyl (C=O) groups excluding carboxylic acids is 2. The van der Waals surface area contributed by atoms with Gasteiger partial charge in [0.2, 0.25) is 0 Å². The first kappa shape index (κ1) is 22.6. The van der Waals surface area contributed by atoms with Crippen LogP contribution >= 0.6 is 0 Å². The molecule has 0 unspecified atom stereocenters. The van der Waals surface area contributed by atoms with Crippen molar-refractivity contribution in [3.05, 3.63) is 29.8 Å². The standard InChI is InChI=1S/C23H34N2O5/c1-18(2)30-20-8-6-19(7-9-20)22(27)29-16-21(26)24-17-23(10-4-3-5-11-23)25-12-14-28-15-13-25/h6-9,18H,3-5,10-17H2,1-2H3,(H,24,26). The van der Waals surface area contributed by atoms with Gasteiger partial charge in [0.1, 0.15) is 5.75 Å². The number of ether oxygens (including phenoxy) is 3. The Bertz CT molecular complexity index is 692. The van der Waals surface area contributed by atoms with E-state index in [1.165, 1.54) is 19.3 Å². The van der Waals surface area contributed by atoms with Crippen molar-refractivity contribution in [3.8, 4) is 5.75 Å². The lowest BCUT2D eigenvalue weighted by atomic mass is 9.79. The van der Waals surface area contributed by atoms with Gasteiger partial charge in [0.05, 0.1) is 24.9 Å². The van der Waals surface area contributed by atoms with Gasteiger partial charge in [-0.3, -0.25) is 9.69 Å². The van der Waals surface area contributed by atoms with Gasteiger partial charge >= 0.3 is 5.97 Å². The molecule has 7 heteroatoms. The fourth-order valence-electron chi connectivity index (χ4n) is 4.32. The average molecular weight is 419 g/mol. The molecule has 1 amide bonds. The molecule has 1 aromatic rings. The molecular weight excluding hydrogens is 384 g/mol. The lowest BCUT2D eigenvalue weighted by Crippen LogP contribution is -2.59. The van der Waals surface area contributed by atoms with Crippen molar-refractivity contribution in [2.45, 2.75) is 57.6 Å². The van der Waals surface area contributed by atoms with E-state index in [2.05, 4.69) is 10.2 Å². The van der Waals surface area contributed by atoms with E-state index in [1.54, 1.807) is 24.3 Å². The molecule has 1 heterocycles. The van der Waals surface area contributed by atoms with Crippen LogP contribution in [0.1, 0.15) is 56.3 Å². The van der Waals surface area contributed by atoms with Crippen molar-refractivity contribution in [2.24, 2.45) is 0 Å². The molecule has 0 radical (unpaired) electrons. The Morgan fingerprint density at radius 3 is 2.40 bits per heavy atom. The third kappa shape index (κ3) is 6.19. The second-order valence-corrected chi connectivity index (χ2v) is 8.43. The Morgan fingerprint density at radius 2 is 1.77 bits per heavy atom. The molecule has 3 rings (SSSR count). The van der Waals surface area contributed by atoms with E-state index in [1.807, 2.05) is 13.8 Å². The first-order chi connectivity index (χ1) is 14.5. The van der Waals surface area contributed by atoms with Crippen LogP contribution in [-0.2, 0) is 14.3 Å². The van der Waals surface area contributed by atoms with E-state index in [4.69, 9.17) is 14.2 Å². The van der Waals surface area contributed by atoms with Gasteiger partial charge < -0.3 is 19.5 Å². The number of carbonyl (C=O) groups is 2. The van der Waals surface area contributed by atoms with Gasteiger partial charge in [0, 0.05) is 25.2 Å². The summed E-state index contributed by atoms with van der Waals surface area (Å²) in [6.07, 6.45) is 5.84. The number of nitrogens with one attached hydrogen (secondary N) is 1. The largest absolute Gasteiger partial charge is 0.491 e. The molecule has 0 bridgehead atoms. The molecule has 0 spiro atoms. The van der Waals surface area contributed by atoms with Gasteiger partial charge in [-0.2, -0.15) is 0 Å². The van der Waals surface area contributed by atoms with Crippen LogP contribution in [-0.4, -0.2) is 67.9 Å². The molecule has 1 saturated heterocycles. The number of amides is 1. The average Bonchev–Trinajstić information content (AvgIpc) is 2.77. The van der Waals surface area contributed by atoms with Crippen LogP contribution in [0.2, 0.25) is 0 Å². The van der Waals surface area contributed by atoms with Crippen molar-refractivity contribution in [3.63, 3.8) is 0 Å². The van der Waals surface area contributed by atoms with Crippen molar-refractivity contribution in [1.29, 1.82) is 0 Å². The summed E-state index contributed by atoms with van der Waals surface area (Å²) >= 11 is 0. The minimum absolute atomic E-state index is 0.00601. The van der Waals surface area contributed by atoms with E-state index < -0.39 is 5.97 Å². The smallest absolute Gasteiger partial charge is 0.338 e. The molecule has 166 valence electrons. The molecule has 2 fully saturated rings. The molecule has 1 N–H and O–H groups in total. The Morgan fingerprint density at radius 1 is 1.10 bits per heavy atom. The number of nitrogens with zero attached hydrogens (tertiary/aromatic N) is 1. The number of rotatable bonds is 8. The highest BCUT2D eigenvalue weighted by Crippen LogP contribution is 2.33. The van der Waals surface area contributed by atoms with Gasteiger partial charge in [0.15, 0.2) is 6.61 Å².